The summed E-state index contributed by atoms with van der Waals surface area (Å²) >= 11 is 4.87. The Hall–Kier alpha value is -1.42. The van der Waals surface area contributed by atoms with E-state index in [1.165, 1.54) is 12.8 Å². The van der Waals surface area contributed by atoms with Crippen LogP contribution in [-0.4, -0.2) is 10.9 Å². The van der Waals surface area contributed by atoms with Crippen LogP contribution in [0.15, 0.2) is 24.3 Å². The van der Waals surface area contributed by atoms with Gasteiger partial charge in [-0.05, 0) is 37.1 Å². The van der Waals surface area contributed by atoms with E-state index in [0.29, 0.717) is 4.99 Å². The number of amides is 1. The van der Waals surface area contributed by atoms with Crippen LogP contribution < -0.4 is 11.1 Å². The highest BCUT2D eigenvalue weighted by molar-refractivity contribution is 7.80. The van der Waals surface area contributed by atoms with Crippen LogP contribution in [-0.2, 0) is 4.79 Å². The van der Waals surface area contributed by atoms with Gasteiger partial charge < -0.3 is 11.1 Å². The van der Waals surface area contributed by atoms with Crippen molar-refractivity contribution in [3.63, 3.8) is 0 Å². The molecular weight excluding hydrogens is 232 g/mol. The Morgan fingerprint density at radius 3 is 2.35 bits per heavy atom. The maximum atomic E-state index is 11.9. The van der Waals surface area contributed by atoms with E-state index in [4.69, 9.17) is 18.0 Å². The molecule has 17 heavy (non-hydrogen) atoms. The number of thiocarbonyl (C=S) groups is 1. The minimum absolute atomic E-state index is 0.130. The fourth-order valence-electron chi connectivity index (χ4n) is 2.15. The summed E-state index contributed by atoms with van der Waals surface area (Å²) in [4.78, 5) is 12.2. The van der Waals surface area contributed by atoms with Crippen molar-refractivity contribution >= 4 is 28.8 Å². The predicted molar refractivity (Wildman–Crippen MR) is 72.9 cm³/mol. The molecule has 0 radical (unpaired) electrons. The van der Waals surface area contributed by atoms with E-state index in [1.54, 1.807) is 0 Å². The SMILES string of the molecule is NC(=S)c1ccc(NC(=O)C2CCCC2)cc1. The molecule has 0 aliphatic heterocycles. The normalized spacial score (nSPS) is 15.8. The molecule has 0 heterocycles. The fourth-order valence-corrected chi connectivity index (χ4v) is 2.29. The van der Waals surface area contributed by atoms with Crippen molar-refractivity contribution in [1.29, 1.82) is 0 Å². The number of anilines is 1. The first kappa shape index (κ1) is 12.0. The van der Waals surface area contributed by atoms with Crippen LogP contribution in [0, 0.1) is 5.92 Å². The van der Waals surface area contributed by atoms with Crippen molar-refractivity contribution in [2.24, 2.45) is 11.7 Å². The summed E-state index contributed by atoms with van der Waals surface area (Å²) < 4.78 is 0. The van der Waals surface area contributed by atoms with Crippen LogP contribution >= 0.6 is 12.2 Å². The van der Waals surface area contributed by atoms with Crippen LogP contribution in [0.1, 0.15) is 31.2 Å². The first-order valence-electron chi connectivity index (χ1n) is 5.87. The van der Waals surface area contributed by atoms with Gasteiger partial charge in [-0.3, -0.25) is 4.79 Å². The summed E-state index contributed by atoms with van der Waals surface area (Å²) in [6, 6.07) is 7.32. The summed E-state index contributed by atoms with van der Waals surface area (Å²) in [5.74, 6) is 0.316. The zero-order valence-electron chi connectivity index (χ0n) is 9.61. The van der Waals surface area contributed by atoms with Crippen molar-refractivity contribution in [2.75, 3.05) is 5.32 Å². The minimum atomic E-state index is 0.130. The molecule has 0 saturated heterocycles. The largest absolute Gasteiger partial charge is 0.389 e. The third-order valence-corrected chi connectivity index (χ3v) is 3.40. The summed E-state index contributed by atoms with van der Waals surface area (Å²) in [5.41, 5.74) is 7.13. The Kier molecular flexibility index (Phi) is 3.74. The first-order valence-corrected chi connectivity index (χ1v) is 6.28. The van der Waals surface area contributed by atoms with Crippen molar-refractivity contribution in [3.8, 4) is 0 Å². The van der Waals surface area contributed by atoms with Gasteiger partial charge in [0, 0.05) is 17.2 Å². The number of hydrogen-bond donors (Lipinski definition) is 2. The van der Waals surface area contributed by atoms with Crippen LogP contribution in [0.5, 0.6) is 0 Å². The lowest BCUT2D eigenvalue weighted by molar-refractivity contribution is -0.119. The van der Waals surface area contributed by atoms with Crippen molar-refractivity contribution in [3.05, 3.63) is 29.8 Å². The molecule has 3 N–H and O–H groups in total. The molecule has 1 aromatic rings. The Balaban J connectivity index is 1.98. The number of hydrogen-bond acceptors (Lipinski definition) is 2. The van der Waals surface area contributed by atoms with Gasteiger partial charge in [0.05, 0.1) is 0 Å². The lowest BCUT2D eigenvalue weighted by Crippen LogP contribution is -2.20. The highest BCUT2D eigenvalue weighted by Crippen LogP contribution is 2.26. The topological polar surface area (TPSA) is 55.1 Å². The van der Waals surface area contributed by atoms with Gasteiger partial charge in [0.1, 0.15) is 4.99 Å². The van der Waals surface area contributed by atoms with Crippen LogP contribution in [0.3, 0.4) is 0 Å². The zero-order chi connectivity index (χ0) is 12.3. The summed E-state index contributed by atoms with van der Waals surface area (Å²) in [6.07, 6.45) is 4.35. The maximum Gasteiger partial charge on any atom is 0.227 e. The van der Waals surface area contributed by atoms with Gasteiger partial charge >= 0.3 is 0 Å². The lowest BCUT2D eigenvalue weighted by Gasteiger charge is -2.10. The number of carbonyl (C=O) groups is 1. The highest BCUT2D eigenvalue weighted by Gasteiger charge is 2.22. The second-order valence-corrected chi connectivity index (χ2v) is 4.85. The number of benzene rings is 1. The van der Waals surface area contributed by atoms with Gasteiger partial charge in [0.25, 0.3) is 0 Å². The fraction of sp³-hybridized carbons (Fsp3) is 0.385. The number of nitrogens with one attached hydrogen (secondary N) is 1. The van der Waals surface area contributed by atoms with Gasteiger partial charge in [-0.25, -0.2) is 0 Å². The predicted octanol–water partition coefficient (Wildman–Crippen LogP) is 2.45. The number of nitrogens with two attached hydrogens (primary N) is 1. The monoisotopic (exact) mass is 248 g/mol. The van der Waals surface area contributed by atoms with E-state index >= 15 is 0 Å². The van der Waals surface area contributed by atoms with Crippen LogP contribution in [0.4, 0.5) is 5.69 Å². The van der Waals surface area contributed by atoms with Gasteiger partial charge in [-0.15, -0.1) is 0 Å². The highest BCUT2D eigenvalue weighted by atomic mass is 32.1. The smallest absolute Gasteiger partial charge is 0.227 e. The van der Waals surface area contributed by atoms with Gasteiger partial charge in [-0.1, -0.05) is 25.1 Å². The molecule has 0 aromatic heterocycles. The van der Waals surface area contributed by atoms with E-state index in [-0.39, 0.29) is 11.8 Å². The van der Waals surface area contributed by atoms with Gasteiger partial charge in [-0.2, -0.15) is 0 Å². The first-order chi connectivity index (χ1) is 8.16. The molecule has 90 valence electrons. The van der Waals surface area contributed by atoms with E-state index in [0.717, 1.165) is 24.1 Å². The van der Waals surface area contributed by atoms with Crippen molar-refractivity contribution in [1.82, 2.24) is 0 Å². The summed E-state index contributed by atoms with van der Waals surface area (Å²) in [6.45, 7) is 0. The van der Waals surface area contributed by atoms with E-state index in [9.17, 15) is 4.79 Å². The number of rotatable bonds is 3. The third-order valence-electron chi connectivity index (χ3n) is 3.16. The molecule has 1 saturated carbocycles. The third kappa shape index (κ3) is 3.03. The zero-order valence-corrected chi connectivity index (χ0v) is 10.4. The number of carbonyl (C=O) groups excluding carboxylic acids is 1. The lowest BCUT2D eigenvalue weighted by atomic mass is 10.1. The van der Waals surface area contributed by atoms with Gasteiger partial charge in [0.15, 0.2) is 0 Å². The molecule has 0 spiro atoms. The quantitative estimate of drug-likeness (QED) is 0.808. The molecule has 3 nitrogen and oxygen atoms in total. The van der Waals surface area contributed by atoms with E-state index in [2.05, 4.69) is 5.32 Å². The molecule has 0 bridgehead atoms. The molecule has 1 aliphatic rings. The summed E-state index contributed by atoms with van der Waals surface area (Å²) in [7, 11) is 0. The van der Waals surface area contributed by atoms with E-state index < -0.39 is 0 Å². The minimum Gasteiger partial charge on any atom is -0.389 e. The molecule has 4 heteroatoms. The summed E-state index contributed by atoms with van der Waals surface area (Å²) in [5, 5.41) is 2.93. The molecule has 0 unspecified atom stereocenters. The average molecular weight is 248 g/mol. The Morgan fingerprint density at radius 1 is 1.24 bits per heavy atom. The molecule has 1 fully saturated rings. The Labute approximate surface area is 106 Å². The second kappa shape index (κ2) is 5.27. The van der Waals surface area contributed by atoms with Crippen molar-refractivity contribution < 1.29 is 4.79 Å². The molecule has 1 aliphatic carbocycles. The molecular formula is C13H16N2OS. The van der Waals surface area contributed by atoms with Gasteiger partial charge in [0.2, 0.25) is 5.91 Å². The van der Waals surface area contributed by atoms with Crippen LogP contribution in [0.2, 0.25) is 0 Å². The second-order valence-electron chi connectivity index (χ2n) is 4.41. The molecule has 2 rings (SSSR count). The molecule has 1 aromatic carbocycles. The Bertz CT molecular complexity index is 422. The molecule has 0 atom stereocenters. The maximum absolute atomic E-state index is 11.9. The average Bonchev–Trinajstić information content (AvgIpc) is 2.83. The van der Waals surface area contributed by atoms with E-state index in [1.807, 2.05) is 24.3 Å². The standard InChI is InChI=1S/C13H16N2OS/c14-12(17)9-5-7-11(8-6-9)15-13(16)10-3-1-2-4-10/h5-8,10H,1-4H2,(H2,14,17)(H,15,16). The van der Waals surface area contributed by atoms with Crippen LogP contribution in [0.25, 0.3) is 0 Å². The molecule has 1 amide bonds. The Morgan fingerprint density at radius 2 is 1.82 bits per heavy atom. The van der Waals surface area contributed by atoms with Crippen molar-refractivity contribution in [2.45, 2.75) is 25.7 Å².